The predicted octanol–water partition coefficient (Wildman–Crippen LogP) is 2.28. The quantitative estimate of drug-likeness (QED) is 0.643. The van der Waals surface area contributed by atoms with E-state index in [9.17, 15) is 14.9 Å². The Kier molecular flexibility index (Phi) is 5.24. The number of anilines is 1. The van der Waals surface area contributed by atoms with Crippen molar-refractivity contribution in [3.05, 3.63) is 32.8 Å². The first kappa shape index (κ1) is 14.6. The Morgan fingerprint density at radius 2 is 2.28 bits per heavy atom. The summed E-state index contributed by atoms with van der Waals surface area (Å²) in [7, 11) is 0. The fraction of sp³-hybridized carbons (Fsp3) is 0.364. The van der Waals surface area contributed by atoms with Crippen LogP contribution in [0.5, 0.6) is 0 Å². The molecule has 0 aromatic heterocycles. The monoisotopic (exact) mass is 315 g/mol. The van der Waals surface area contributed by atoms with Crippen molar-refractivity contribution in [2.45, 2.75) is 13.3 Å². The van der Waals surface area contributed by atoms with Gasteiger partial charge in [0.25, 0.3) is 5.69 Å². The predicted molar refractivity (Wildman–Crippen MR) is 72.3 cm³/mol. The van der Waals surface area contributed by atoms with E-state index in [-0.39, 0.29) is 23.2 Å². The average Bonchev–Trinajstić information content (AvgIpc) is 2.31. The van der Waals surface area contributed by atoms with Gasteiger partial charge in [-0.2, -0.15) is 0 Å². The highest BCUT2D eigenvalue weighted by molar-refractivity contribution is 9.10. The molecular formula is C11H14BrN3O3. The van der Waals surface area contributed by atoms with Gasteiger partial charge in [-0.05, 0) is 25.1 Å². The summed E-state index contributed by atoms with van der Waals surface area (Å²) in [5.41, 5.74) is 5.41. The normalized spacial score (nSPS) is 11.9. The number of nitrogens with zero attached hydrogens (tertiary/aromatic N) is 1. The SMILES string of the molecule is CC(CCN)C(=O)Nc1ccc(Br)cc1[N+](=O)[O-]. The molecule has 0 aliphatic carbocycles. The van der Waals surface area contributed by atoms with Gasteiger partial charge >= 0.3 is 0 Å². The van der Waals surface area contributed by atoms with Crippen LogP contribution in [0.1, 0.15) is 13.3 Å². The lowest BCUT2D eigenvalue weighted by Gasteiger charge is -2.11. The fourth-order valence-electron chi connectivity index (χ4n) is 1.40. The van der Waals surface area contributed by atoms with Gasteiger partial charge < -0.3 is 11.1 Å². The molecule has 6 nitrogen and oxygen atoms in total. The Bertz CT molecular complexity index is 465. The molecule has 0 heterocycles. The summed E-state index contributed by atoms with van der Waals surface area (Å²) in [4.78, 5) is 22.1. The first-order valence-corrected chi connectivity index (χ1v) is 6.20. The summed E-state index contributed by atoms with van der Waals surface area (Å²) in [5.74, 6) is -0.552. The first-order valence-electron chi connectivity index (χ1n) is 5.40. The van der Waals surface area contributed by atoms with Gasteiger partial charge in [0.15, 0.2) is 0 Å². The molecule has 0 fully saturated rings. The van der Waals surface area contributed by atoms with Crippen LogP contribution in [-0.2, 0) is 4.79 Å². The maximum absolute atomic E-state index is 11.8. The molecule has 98 valence electrons. The van der Waals surface area contributed by atoms with Crippen LogP contribution in [0.25, 0.3) is 0 Å². The lowest BCUT2D eigenvalue weighted by atomic mass is 10.1. The number of rotatable bonds is 5. The van der Waals surface area contributed by atoms with Crippen molar-refractivity contribution >= 4 is 33.2 Å². The molecule has 0 saturated heterocycles. The van der Waals surface area contributed by atoms with Crippen molar-refractivity contribution in [2.75, 3.05) is 11.9 Å². The number of hydrogen-bond acceptors (Lipinski definition) is 4. The molecule has 0 radical (unpaired) electrons. The van der Waals surface area contributed by atoms with E-state index in [0.717, 1.165) is 0 Å². The van der Waals surface area contributed by atoms with E-state index >= 15 is 0 Å². The van der Waals surface area contributed by atoms with Gasteiger partial charge in [-0.3, -0.25) is 14.9 Å². The smallest absolute Gasteiger partial charge is 0.293 e. The first-order chi connectivity index (χ1) is 8.45. The molecule has 1 unspecified atom stereocenters. The molecule has 3 N–H and O–H groups in total. The van der Waals surface area contributed by atoms with E-state index in [1.807, 2.05) is 0 Å². The summed E-state index contributed by atoms with van der Waals surface area (Å²) < 4.78 is 0.585. The molecular weight excluding hydrogens is 302 g/mol. The molecule has 18 heavy (non-hydrogen) atoms. The van der Waals surface area contributed by atoms with E-state index in [1.54, 1.807) is 13.0 Å². The second kappa shape index (κ2) is 6.46. The van der Waals surface area contributed by atoms with Crippen LogP contribution in [0.3, 0.4) is 0 Å². The van der Waals surface area contributed by atoms with Crippen molar-refractivity contribution in [3.63, 3.8) is 0 Å². The number of hydrogen-bond donors (Lipinski definition) is 2. The molecule has 7 heteroatoms. The number of nitro groups is 1. The fourth-order valence-corrected chi connectivity index (χ4v) is 1.75. The summed E-state index contributed by atoms with van der Waals surface area (Å²) in [6, 6.07) is 4.48. The second-order valence-corrected chi connectivity index (χ2v) is 4.80. The van der Waals surface area contributed by atoms with E-state index in [4.69, 9.17) is 5.73 Å². The molecule has 0 aliphatic heterocycles. The highest BCUT2D eigenvalue weighted by Gasteiger charge is 2.19. The zero-order valence-corrected chi connectivity index (χ0v) is 11.4. The Labute approximate surface area is 113 Å². The van der Waals surface area contributed by atoms with Gasteiger partial charge in [-0.25, -0.2) is 0 Å². The standard InChI is InChI=1S/C11H14BrN3O3/c1-7(4-5-13)11(16)14-9-3-2-8(12)6-10(9)15(17)18/h2-3,6-7H,4-5,13H2,1H3,(H,14,16). The number of amides is 1. The van der Waals surface area contributed by atoms with Gasteiger partial charge in [-0.1, -0.05) is 22.9 Å². The molecule has 1 aromatic carbocycles. The summed E-state index contributed by atoms with van der Waals surface area (Å²) in [6.07, 6.45) is 0.538. The molecule has 0 saturated carbocycles. The minimum Gasteiger partial charge on any atom is -0.330 e. The molecule has 1 rings (SSSR count). The van der Waals surface area contributed by atoms with Crippen LogP contribution in [0, 0.1) is 16.0 Å². The van der Waals surface area contributed by atoms with Crippen molar-refractivity contribution < 1.29 is 9.72 Å². The summed E-state index contributed by atoms with van der Waals surface area (Å²) in [5, 5.41) is 13.4. The van der Waals surface area contributed by atoms with E-state index in [2.05, 4.69) is 21.2 Å². The number of carbonyl (C=O) groups excluding carboxylic acids is 1. The van der Waals surface area contributed by atoms with Crippen LogP contribution in [-0.4, -0.2) is 17.4 Å². The third-order valence-electron chi connectivity index (χ3n) is 2.46. The Hall–Kier alpha value is -1.47. The number of nitrogens with two attached hydrogens (primary N) is 1. The lowest BCUT2D eigenvalue weighted by molar-refractivity contribution is -0.384. The Balaban J connectivity index is 2.90. The molecule has 0 bridgehead atoms. The largest absolute Gasteiger partial charge is 0.330 e. The third-order valence-corrected chi connectivity index (χ3v) is 2.95. The lowest BCUT2D eigenvalue weighted by Crippen LogP contribution is -2.23. The van der Waals surface area contributed by atoms with Crippen LogP contribution < -0.4 is 11.1 Å². The number of halogens is 1. The third kappa shape index (κ3) is 3.78. The zero-order chi connectivity index (χ0) is 13.7. The van der Waals surface area contributed by atoms with Crippen LogP contribution in [0.15, 0.2) is 22.7 Å². The zero-order valence-electron chi connectivity index (χ0n) is 9.85. The number of nitro benzene ring substituents is 1. The van der Waals surface area contributed by atoms with Crippen LogP contribution in [0.2, 0.25) is 0 Å². The van der Waals surface area contributed by atoms with Gasteiger partial charge in [0.1, 0.15) is 5.69 Å². The van der Waals surface area contributed by atoms with Crippen LogP contribution in [0.4, 0.5) is 11.4 Å². The maximum atomic E-state index is 11.8. The van der Waals surface area contributed by atoms with Gasteiger partial charge in [0.05, 0.1) is 4.92 Å². The maximum Gasteiger partial charge on any atom is 0.293 e. The molecule has 1 amide bonds. The van der Waals surface area contributed by atoms with E-state index < -0.39 is 4.92 Å². The Morgan fingerprint density at radius 1 is 1.61 bits per heavy atom. The molecule has 1 aromatic rings. The molecule has 0 aliphatic rings. The molecule has 1 atom stereocenters. The number of carbonyl (C=O) groups is 1. The minimum absolute atomic E-state index is 0.141. The van der Waals surface area contributed by atoms with E-state index in [1.165, 1.54) is 12.1 Å². The van der Waals surface area contributed by atoms with Crippen molar-refractivity contribution in [3.8, 4) is 0 Å². The highest BCUT2D eigenvalue weighted by atomic mass is 79.9. The van der Waals surface area contributed by atoms with E-state index in [0.29, 0.717) is 17.4 Å². The average molecular weight is 316 g/mol. The topological polar surface area (TPSA) is 98.3 Å². The van der Waals surface area contributed by atoms with Crippen molar-refractivity contribution in [1.29, 1.82) is 0 Å². The molecule has 0 spiro atoms. The van der Waals surface area contributed by atoms with Crippen LogP contribution >= 0.6 is 15.9 Å². The highest BCUT2D eigenvalue weighted by Crippen LogP contribution is 2.28. The summed E-state index contributed by atoms with van der Waals surface area (Å²) in [6.45, 7) is 2.13. The van der Waals surface area contributed by atoms with Crippen molar-refractivity contribution in [2.24, 2.45) is 11.7 Å². The second-order valence-electron chi connectivity index (χ2n) is 3.89. The minimum atomic E-state index is -0.534. The van der Waals surface area contributed by atoms with Gasteiger partial charge in [0, 0.05) is 16.5 Å². The summed E-state index contributed by atoms with van der Waals surface area (Å²) >= 11 is 3.15. The van der Waals surface area contributed by atoms with Crippen molar-refractivity contribution in [1.82, 2.24) is 0 Å². The number of benzene rings is 1. The number of nitrogens with one attached hydrogen (secondary N) is 1. The Morgan fingerprint density at radius 3 is 2.83 bits per heavy atom. The van der Waals surface area contributed by atoms with Gasteiger partial charge in [-0.15, -0.1) is 0 Å². The van der Waals surface area contributed by atoms with Gasteiger partial charge in [0.2, 0.25) is 5.91 Å².